The number of hydrogen-bond donors (Lipinski definition) is 18. The van der Waals surface area contributed by atoms with Gasteiger partial charge in [0.2, 0.25) is 59.5 Å². The molecule has 0 aromatic carbocycles. The number of aliphatic hydroxyl groups is 8. The number of carbonyl (C=O) groups is 9. The molecule has 36 heteroatoms. The molecule has 12 unspecified atom stereocenters. The first kappa shape index (κ1) is 89.6. The van der Waals surface area contributed by atoms with Crippen molar-refractivity contribution < 1.29 is 127 Å². The van der Waals surface area contributed by atoms with Crippen LogP contribution in [0.2, 0.25) is 0 Å². The molecule has 0 aliphatic carbocycles. The highest BCUT2D eigenvalue weighted by Gasteiger charge is 2.45. The number of nitrogens with one attached hydrogen (secondary N) is 10. The fourth-order valence-electron chi connectivity index (χ4n) is 9.99. The third kappa shape index (κ3) is 40.7. The number of unbranched alkanes of at least 4 members (excludes halogenated alkanes) is 3. The highest BCUT2D eigenvalue weighted by Crippen LogP contribution is 2.23. The van der Waals surface area contributed by atoms with E-state index in [1.54, 1.807) is 0 Å². The van der Waals surface area contributed by atoms with E-state index in [9.17, 15) is 84.0 Å². The van der Waals surface area contributed by atoms with Crippen molar-refractivity contribution in [3.05, 3.63) is 0 Å². The van der Waals surface area contributed by atoms with Gasteiger partial charge in [0.25, 0.3) is 0 Å². The summed E-state index contributed by atoms with van der Waals surface area (Å²) in [6.07, 6.45) is -9.18. The van der Waals surface area contributed by atoms with Gasteiger partial charge in [-0.2, -0.15) is 0 Å². The first-order valence-corrected chi connectivity index (χ1v) is 34.2. The smallest absolute Gasteiger partial charge is 0.222 e. The molecule has 2 heterocycles. The molecule has 9 amide bonds. The molecule has 18 N–H and O–H groups in total. The summed E-state index contributed by atoms with van der Waals surface area (Å²) in [5.74, 6) is -2.98. The van der Waals surface area contributed by atoms with E-state index in [-0.39, 0.29) is 172 Å². The molecule has 0 aromatic heterocycles. The fourth-order valence-corrected chi connectivity index (χ4v) is 9.99. The van der Waals surface area contributed by atoms with Gasteiger partial charge in [0.15, 0.2) is 18.8 Å². The molecule has 2 aliphatic heterocycles. The van der Waals surface area contributed by atoms with E-state index in [0.29, 0.717) is 70.9 Å². The molecule has 0 aromatic rings. The minimum absolute atomic E-state index is 0.0000763. The van der Waals surface area contributed by atoms with Crippen LogP contribution in [0.4, 0.5) is 0 Å². The molecule has 2 aliphatic rings. The topological polar surface area (TPSA) is 519 Å². The number of hydrogen-bond acceptors (Lipinski definition) is 27. The normalized spacial score (nSPS) is 21.8. The second-order valence-corrected chi connectivity index (χ2v) is 24.7. The Morgan fingerprint density at radius 1 is 0.495 bits per heavy atom. The standard InChI is InChI=1S/C63H116N10O26/c1-40(2)73-63(37-91-31-19-51(84)67-25-13-22-64-48(81)16-7-10-28-94-60-54(70-42(4)77)56(87)45(80)36-97-60,39-93-33-21-53(86)69-27-15-24-66-50(83)18-9-12-30-96-62(59(90)72-44(6)79)98-46(34-74)41(3)76)38-92-32-20-52(85)68-26-14-23-65-49(82)17-8-11-29-95-61-55(71-43(5)78)58(89)57(88)47(35-75)99-61/h40-41,45-47,54-62,73-76,80,87-90H,7-39H2,1-6H3,(H,64,81)(H,65,82)(H,66,83)(H,67,84)(H,68,85)(H,69,86)(H,70,77)(H,71,78)(H,72,79)/t41-,45?,46?,47?,54?,55?,56?,57?,58?,59+,60?,61?,62?,63?/m1/s1. The molecule has 2 saturated heterocycles. The Bertz CT molecular complexity index is 2320. The molecule has 2 fully saturated rings. The first-order valence-electron chi connectivity index (χ1n) is 34.2. The average molecular weight is 1430 g/mol. The lowest BCUT2D eigenvalue weighted by Gasteiger charge is -2.42. The molecule has 14 atom stereocenters. The third-order valence-electron chi connectivity index (χ3n) is 15.1. The molecule has 2 rings (SSSR count). The highest BCUT2D eigenvalue weighted by atomic mass is 16.7. The van der Waals surface area contributed by atoms with Crippen molar-refractivity contribution in [1.29, 1.82) is 0 Å². The Morgan fingerprint density at radius 2 is 0.899 bits per heavy atom. The summed E-state index contributed by atoms with van der Waals surface area (Å²) in [6, 6.07) is -2.15. The zero-order valence-corrected chi connectivity index (χ0v) is 58.3. The largest absolute Gasteiger partial charge is 0.394 e. The van der Waals surface area contributed by atoms with Crippen LogP contribution in [-0.2, 0) is 85.8 Å². The van der Waals surface area contributed by atoms with Gasteiger partial charge < -0.3 is 137 Å². The van der Waals surface area contributed by atoms with Crippen LogP contribution in [0.15, 0.2) is 0 Å². The molecule has 0 saturated carbocycles. The van der Waals surface area contributed by atoms with Crippen molar-refractivity contribution in [3.63, 3.8) is 0 Å². The Balaban J connectivity index is 1.82. The van der Waals surface area contributed by atoms with Crippen molar-refractivity contribution in [3.8, 4) is 0 Å². The van der Waals surface area contributed by atoms with Gasteiger partial charge in [0.1, 0.15) is 48.7 Å². The van der Waals surface area contributed by atoms with E-state index in [1.807, 2.05) is 13.8 Å². The molecule has 36 nitrogen and oxygen atoms in total. The number of aliphatic hydroxyl groups excluding tert-OH is 8. The molecule has 99 heavy (non-hydrogen) atoms. The highest BCUT2D eigenvalue weighted by molar-refractivity contribution is 5.78. The predicted octanol–water partition coefficient (Wildman–Crippen LogP) is -5.56. The lowest BCUT2D eigenvalue weighted by Crippen LogP contribution is -2.64. The number of ether oxygens (including phenoxy) is 9. The second kappa shape index (κ2) is 52.5. The van der Waals surface area contributed by atoms with Crippen LogP contribution in [0.3, 0.4) is 0 Å². The van der Waals surface area contributed by atoms with Gasteiger partial charge in [-0.1, -0.05) is 13.8 Å². The zero-order valence-electron chi connectivity index (χ0n) is 58.3. The SMILES string of the molecule is CC(=O)NC1C(OCCCCC(=O)NCCCNC(=O)CCOCC(COCCC(=O)NCCCNC(=O)CCCCOC2OC(CO)C(O)C(O)C2NC(C)=O)(COCCC(=O)NCCCNC(=O)CCCCOC(OC(CO)[C@@H](C)O)[C@H](O)NC(C)=O)NC(C)C)OCC(O)C1O. The summed E-state index contributed by atoms with van der Waals surface area (Å²) in [5, 5.41) is 107. The van der Waals surface area contributed by atoms with Gasteiger partial charge in [0.05, 0.1) is 71.1 Å². The lowest BCUT2D eigenvalue weighted by molar-refractivity contribution is -0.270. The first-order chi connectivity index (χ1) is 47.2. The Labute approximate surface area is 579 Å². The minimum Gasteiger partial charge on any atom is -0.394 e. The maximum absolute atomic E-state index is 12.8. The van der Waals surface area contributed by atoms with Crippen molar-refractivity contribution in [2.45, 2.75) is 229 Å². The van der Waals surface area contributed by atoms with Crippen molar-refractivity contribution in [1.82, 2.24) is 53.2 Å². The summed E-state index contributed by atoms with van der Waals surface area (Å²) in [6.45, 7) is 9.65. The van der Waals surface area contributed by atoms with Crippen molar-refractivity contribution >= 4 is 53.2 Å². The average Bonchev–Trinajstić information content (AvgIpc) is 0.839. The number of amides is 9. The Hall–Kier alpha value is -5.49. The molecular weight excluding hydrogens is 1310 g/mol. The quantitative estimate of drug-likeness (QED) is 0.0199. The zero-order chi connectivity index (χ0) is 73.5. The predicted molar refractivity (Wildman–Crippen MR) is 351 cm³/mol. The van der Waals surface area contributed by atoms with Crippen LogP contribution < -0.4 is 53.2 Å². The van der Waals surface area contributed by atoms with Gasteiger partial charge in [-0.25, -0.2) is 0 Å². The number of rotatable bonds is 56. The van der Waals surface area contributed by atoms with Crippen LogP contribution in [0.1, 0.15) is 138 Å². The lowest BCUT2D eigenvalue weighted by atomic mass is 9.97. The maximum atomic E-state index is 12.8. The monoisotopic (exact) mass is 1430 g/mol. The summed E-state index contributed by atoms with van der Waals surface area (Å²) in [7, 11) is 0. The maximum Gasteiger partial charge on any atom is 0.222 e. The fraction of sp³-hybridized carbons (Fsp3) is 0.857. The van der Waals surface area contributed by atoms with E-state index in [1.165, 1.54) is 27.7 Å². The summed E-state index contributed by atoms with van der Waals surface area (Å²) < 4.78 is 51.5. The molecular formula is C63H116N10O26. The van der Waals surface area contributed by atoms with E-state index < -0.39 is 116 Å². The van der Waals surface area contributed by atoms with Gasteiger partial charge >= 0.3 is 0 Å². The third-order valence-corrected chi connectivity index (χ3v) is 15.1. The van der Waals surface area contributed by atoms with Gasteiger partial charge in [-0.05, 0) is 64.7 Å². The van der Waals surface area contributed by atoms with Crippen LogP contribution in [0.25, 0.3) is 0 Å². The summed E-state index contributed by atoms with van der Waals surface area (Å²) in [5.41, 5.74) is -1.01. The molecule has 0 spiro atoms. The van der Waals surface area contributed by atoms with Crippen LogP contribution in [-0.4, -0.2) is 304 Å². The number of carbonyl (C=O) groups excluding carboxylic acids is 9. The van der Waals surface area contributed by atoms with Gasteiger partial charge in [0, 0.05) is 124 Å². The van der Waals surface area contributed by atoms with Crippen LogP contribution >= 0.6 is 0 Å². The van der Waals surface area contributed by atoms with Crippen LogP contribution in [0.5, 0.6) is 0 Å². The Kier molecular flexibility index (Phi) is 47.5. The van der Waals surface area contributed by atoms with E-state index in [0.717, 1.165) is 0 Å². The summed E-state index contributed by atoms with van der Waals surface area (Å²) in [4.78, 5) is 111. The Morgan fingerprint density at radius 3 is 1.28 bits per heavy atom. The van der Waals surface area contributed by atoms with E-state index >= 15 is 0 Å². The molecule has 0 bridgehead atoms. The molecule has 574 valence electrons. The molecule has 0 radical (unpaired) electrons. The minimum atomic E-state index is -1.58. The summed E-state index contributed by atoms with van der Waals surface area (Å²) >= 11 is 0. The van der Waals surface area contributed by atoms with Crippen LogP contribution in [0, 0.1) is 0 Å². The van der Waals surface area contributed by atoms with E-state index in [2.05, 4.69) is 53.2 Å². The second-order valence-electron chi connectivity index (χ2n) is 24.7. The van der Waals surface area contributed by atoms with Gasteiger partial charge in [-0.15, -0.1) is 0 Å². The van der Waals surface area contributed by atoms with E-state index in [4.69, 9.17) is 42.6 Å². The van der Waals surface area contributed by atoms with Crippen molar-refractivity contribution in [2.24, 2.45) is 0 Å². The van der Waals surface area contributed by atoms with Crippen molar-refractivity contribution in [2.75, 3.05) is 119 Å². The van der Waals surface area contributed by atoms with Gasteiger partial charge in [-0.3, -0.25) is 43.2 Å².